The smallest absolute Gasteiger partial charge is 0.255 e. The van der Waals surface area contributed by atoms with Crippen molar-refractivity contribution in [2.75, 3.05) is 19.8 Å². The van der Waals surface area contributed by atoms with E-state index in [1.807, 2.05) is 29.2 Å². The molecule has 1 aromatic carbocycles. The number of fused-ring (bicyclic) bond motifs is 1. The molecule has 1 unspecified atom stereocenters. The van der Waals surface area contributed by atoms with Crippen LogP contribution in [0.5, 0.6) is 0 Å². The summed E-state index contributed by atoms with van der Waals surface area (Å²) in [4.78, 5) is 19.1. The van der Waals surface area contributed by atoms with Gasteiger partial charge >= 0.3 is 0 Å². The predicted molar refractivity (Wildman–Crippen MR) is 82.7 cm³/mol. The molecule has 5 heteroatoms. The van der Waals surface area contributed by atoms with Gasteiger partial charge in [-0.05, 0) is 18.6 Å². The molecule has 0 bridgehead atoms. The molecule has 1 atom stereocenters. The minimum Gasteiger partial charge on any atom is -0.377 e. The number of amides is 1. The molecule has 110 valence electrons. The van der Waals surface area contributed by atoms with Crippen LogP contribution >= 0.6 is 11.6 Å². The van der Waals surface area contributed by atoms with E-state index < -0.39 is 0 Å². The third-order valence-electron chi connectivity index (χ3n) is 3.87. The molecule has 1 aliphatic heterocycles. The average molecular weight is 305 g/mol. The maximum atomic E-state index is 12.9. The summed E-state index contributed by atoms with van der Waals surface area (Å²) in [6.45, 7) is 3.86. The molecule has 0 spiro atoms. The number of hydrogen-bond donors (Lipinski definition) is 0. The van der Waals surface area contributed by atoms with Crippen LogP contribution in [0, 0.1) is 0 Å². The van der Waals surface area contributed by atoms with Crippen molar-refractivity contribution in [2.24, 2.45) is 0 Å². The normalized spacial score (nSPS) is 19.0. The first kappa shape index (κ1) is 14.3. The molecule has 1 aliphatic rings. The van der Waals surface area contributed by atoms with Crippen LogP contribution in [-0.2, 0) is 4.74 Å². The lowest BCUT2D eigenvalue weighted by molar-refractivity contribution is -0.00269. The summed E-state index contributed by atoms with van der Waals surface area (Å²) >= 11 is 6.07. The number of morpholine rings is 1. The van der Waals surface area contributed by atoms with Crippen molar-refractivity contribution >= 4 is 28.4 Å². The highest BCUT2D eigenvalue weighted by atomic mass is 35.5. The fourth-order valence-electron chi connectivity index (χ4n) is 2.74. The van der Waals surface area contributed by atoms with Gasteiger partial charge in [-0.2, -0.15) is 0 Å². The Hall–Kier alpha value is -1.65. The molecular weight excluding hydrogens is 288 g/mol. The van der Waals surface area contributed by atoms with Gasteiger partial charge in [-0.3, -0.25) is 4.79 Å². The Morgan fingerprint density at radius 2 is 2.29 bits per heavy atom. The van der Waals surface area contributed by atoms with Crippen LogP contribution in [0.4, 0.5) is 0 Å². The van der Waals surface area contributed by atoms with Crippen LogP contribution < -0.4 is 0 Å². The highest BCUT2D eigenvalue weighted by molar-refractivity contribution is 6.30. The van der Waals surface area contributed by atoms with Gasteiger partial charge < -0.3 is 9.64 Å². The standard InChI is InChI=1S/C16H17ClN2O2/c1-2-11-10-21-8-7-19(11)16(20)13-9-15(17)18-14-6-4-3-5-12(13)14/h3-6,9,11H,2,7-8,10H2,1H3. The number of nitrogens with zero attached hydrogens (tertiary/aromatic N) is 2. The molecule has 21 heavy (non-hydrogen) atoms. The van der Waals surface area contributed by atoms with E-state index in [9.17, 15) is 4.79 Å². The van der Waals surface area contributed by atoms with Crippen molar-refractivity contribution in [1.29, 1.82) is 0 Å². The average Bonchev–Trinajstić information content (AvgIpc) is 2.53. The summed E-state index contributed by atoms with van der Waals surface area (Å²) in [6, 6.07) is 9.36. The highest BCUT2D eigenvalue weighted by Gasteiger charge is 2.28. The fraction of sp³-hybridized carbons (Fsp3) is 0.375. The zero-order valence-electron chi connectivity index (χ0n) is 11.9. The van der Waals surface area contributed by atoms with Crippen LogP contribution in [0.15, 0.2) is 30.3 Å². The first-order valence-electron chi connectivity index (χ1n) is 7.14. The SMILES string of the molecule is CCC1COCCN1C(=O)c1cc(Cl)nc2ccccc12. The molecule has 0 N–H and O–H groups in total. The van der Waals surface area contributed by atoms with E-state index in [0.29, 0.717) is 30.5 Å². The number of pyridine rings is 1. The first-order valence-corrected chi connectivity index (χ1v) is 7.52. The minimum atomic E-state index is 0.00523. The summed E-state index contributed by atoms with van der Waals surface area (Å²) in [5, 5.41) is 1.19. The number of hydrogen-bond acceptors (Lipinski definition) is 3. The summed E-state index contributed by atoms with van der Waals surface area (Å²) in [5.74, 6) is 0.00523. The Morgan fingerprint density at radius 3 is 3.10 bits per heavy atom. The van der Waals surface area contributed by atoms with E-state index in [0.717, 1.165) is 17.3 Å². The van der Waals surface area contributed by atoms with Gasteiger partial charge in [0.05, 0.1) is 30.3 Å². The van der Waals surface area contributed by atoms with Crippen molar-refractivity contribution in [3.05, 3.63) is 41.0 Å². The second-order valence-electron chi connectivity index (χ2n) is 5.15. The van der Waals surface area contributed by atoms with Gasteiger partial charge in [-0.15, -0.1) is 0 Å². The third kappa shape index (κ3) is 2.74. The first-order chi connectivity index (χ1) is 10.2. The van der Waals surface area contributed by atoms with Gasteiger partial charge in [0.1, 0.15) is 5.15 Å². The second-order valence-corrected chi connectivity index (χ2v) is 5.53. The lowest BCUT2D eigenvalue weighted by Gasteiger charge is -2.35. The third-order valence-corrected chi connectivity index (χ3v) is 4.07. The van der Waals surface area contributed by atoms with Gasteiger partial charge in [0.25, 0.3) is 5.91 Å². The van der Waals surface area contributed by atoms with Gasteiger partial charge in [-0.1, -0.05) is 36.7 Å². The molecule has 4 nitrogen and oxygen atoms in total. The van der Waals surface area contributed by atoms with Crippen molar-refractivity contribution < 1.29 is 9.53 Å². The van der Waals surface area contributed by atoms with Crippen molar-refractivity contribution in [3.8, 4) is 0 Å². The summed E-state index contributed by atoms with van der Waals surface area (Å²) < 4.78 is 5.47. The van der Waals surface area contributed by atoms with E-state index in [2.05, 4.69) is 11.9 Å². The van der Waals surface area contributed by atoms with Gasteiger partial charge in [0.15, 0.2) is 0 Å². The van der Waals surface area contributed by atoms with Crippen molar-refractivity contribution in [1.82, 2.24) is 9.88 Å². The van der Waals surface area contributed by atoms with E-state index in [1.54, 1.807) is 6.07 Å². The molecule has 0 radical (unpaired) electrons. The number of aromatic nitrogens is 1. The molecule has 1 fully saturated rings. The van der Waals surface area contributed by atoms with Crippen LogP contribution in [0.2, 0.25) is 5.15 Å². The highest BCUT2D eigenvalue weighted by Crippen LogP contribution is 2.24. The molecule has 2 heterocycles. The Morgan fingerprint density at radius 1 is 1.48 bits per heavy atom. The van der Waals surface area contributed by atoms with Crippen molar-refractivity contribution in [2.45, 2.75) is 19.4 Å². The van der Waals surface area contributed by atoms with Gasteiger partial charge in [-0.25, -0.2) is 4.98 Å². The van der Waals surface area contributed by atoms with Crippen molar-refractivity contribution in [3.63, 3.8) is 0 Å². The molecule has 1 amide bonds. The largest absolute Gasteiger partial charge is 0.377 e. The number of rotatable bonds is 2. The Labute approximate surface area is 128 Å². The van der Waals surface area contributed by atoms with Crippen LogP contribution in [0.1, 0.15) is 23.7 Å². The lowest BCUT2D eigenvalue weighted by atomic mass is 10.1. The molecule has 0 saturated carbocycles. The minimum absolute atomic E-state index is 0.00523. The van der Waals surface area contributed by atoms with Gasteiger partial charge in [0, 0.05) is 11.9 Å². The number of benzene rings is 1. The Bertz CT molecular complexity index is 674. The van der Waals surface area contributed by atoms with E-state index >= 15 is 0 Å². The van der Waals surface area contributed by atoms with Crippen LogP contribution in [0.3, 0.4) is 0 Å². The number of carbonyl (C=O) groups excluding carboxylic acids is 1. The molecule has 0 aliphatic carbocycles. The maximum absolute atomic E-state index is 12.9. The van der Waals surface area contributed by atoms with E-state index in [-0.39, 0.29) is 11.9 Å². The lowest BCUT2D eigenvalue weighted by Crippen LogP contribution is -2.48. The zero-order chi connectivity index (χ0) is 14.8. The molecule has 2 aromatic rings. The number of para-hydroxylation sites is 1. The topological polar surface area (TPSA) is 42.4 Å². The summed E-state index contributed by atoms with van der Waals surface area (Å²) in [5.41, 5.74) is 1.36. The predicted octanol–water partition coefficient (Wildman–Crippen LogP) is 3.14. The molecule has 3 rings (SSSR count). The Balaban J connectivity index is 2.04. The van der Waals surface area contributed by atoms with Crippen LogP contribution in [-0.4, -0.2) is 41.6 Å². The maximum Gasteiger partial charge on any atom is 0.255 e. The summed E-state index contributed by atoms with van der Waals surface area (Å²) in [6.07, 6.45) is 0.877. The Kier molecular flexibility index (Phi) is 4.08. The van der Waals surface area contributed by atoms with E-state index in [4.69, 9.17) is 16.3 Å². The molecule has 1 aromatic heterocycles. The fourth-order valence-corrected chi connectivity index (χ4v) is 2.94. The second kappa shape index (κ2) is 6.00. The number of carbonyl (C=O) groups is 1. The molecular formula is C16H17ClN2O2. The van der Waals surface area contributed by atoms with Crippen LogP contribution in [0.25, 0.3) is 10.9 Å². The number of halogens is 1. The van der Waals surface area contributed by atoms with E-state index in [1.165, 1.54) is 0 Å². The van der Waals surface area contributed by atoms with Gasteiger partial charge in [0.2, 0.25) is 0 Å². The zero-order valence-corrected chi connectivity index (χ0v) is 12.6. The quantitative estimate of drug-likeness (QED) is 0.801. The monoisotopic (exact) mass is 304 g/mol. The summed E-state index contributed by atoms with van der Waals surface area (Å²) in [7, 11) is 0. The molecule has 1 saturated heterocycles. The number of ether oxygens (including phenoxy) is 1.